The molecule has 1 aromatic carbocycles. The van der Waals surface area contributed by atoms with Crippen molar-refractivity contribution < 1.29 is 9.47 Å². The molecule has 1 fully saturated rings. The fourth-order valence-electron chi connectivity index (χ4n) is 3.03. The van der Waals surface area contributed by atoms with E-state index < -0.39 is 0 Å². The van der Waals surface area contributed by atoms with Crippen LogP contribution in [0.25, 0.3) is 0 Å². The average Bonchev–Trinajstić information content (AvgIpc) is 2.79. The molecule has 4 nitrogen and oxygen atoms in total. The summed E-state index contributed by atoms with van der Waals surface area (Å²) in [7, 11) is 0. The maximum atomic E-state index is 5.78. The van der Waals surface area contributed by atoms with Gasteiger partial charge in [-0.05, 0) is 43.5 Å². The van der Waals surface area contributed by atoms with Gasteiger partial charge in [0, 0.05) is 19.1 Å². The lowest BCUT2D eigenvalue weighted by molar-refractivity contribution is 0.171. The van der Waals surface area contributed by atoms with Crippen LogP contribution in [-0.4, -0.2) is 37.2 Å². The Bertz CT molecular complexity index is 450. The zero-order chi connectivity index (χ0) is 13.2. The van der Waals surface area contributed by atoms with Crippen molar-refractivity contribution in [3.63, 3.8) is 0 Å². The molecule has 0 aliphatic carbocycles. The van der Waals surface area contributed by atoms with Gasteiger partial charge in [-0.25, -0.2) is 0 Å². The molecule has 2 N–H and O–H groups in total. The first-order valence-electron chi connectivity index (χ1n) is 7.09. The second-order valence-corrected chi connectivity index (χ2v) is 5.59. The molecular weight excluding hydrogens is 240 g/mol. The van der Waals surface area contributed by atoms with Crippen LogP contribution in [0.15, 0.2) is 18.2 Å². The van der Waals surface area contributed by atoms with E-state index in [0.29, 0.717) is 25.2 Å². The number of benzene rings is 1. The van der Waals surface area contributed by atoms with Gasteiger partial charge in [-0.3, -0.25) is 4.90 Å². The van der Waals surface area contributed by atoms with Crippen LogP contribution in [0.5, 0.6) is 11.5 Å². The Hall–Kier alpha value is -1.26. The molecule has 104 valence electrons. The molecule has 0 saturated carbocycles. The minimum atomic E-state index is 0.613. The molecule has 1 aromatic rings. The third-order valence-corrected chi connectivity index (χ3v) is 4.12. The fourth-order valence-corrected chi connectivity index (χ4v) is 3.03. The van der Waals surface area contributed by atoms with Crippen molar-refractivity contribution in [2.24, 2.45) is 11.7 Å². The number of hydrogen-bond acceptors (Lipinski definition) is 4. The topological polar surface area (TPSA) is 47.7 Å². The second-order valence-electron chi connectivity index (χ2n) is 5.59. The Balaban J connectivity index is 1.70. The van der Waals surface area contributed by atoms with Crippen LogP contribution < -0.4 is 15.2 Å². The Kier molecular flexibility index (Phi) is 3.62. The van der Waals surface area contributed by atoms with E-state index in [0.717, 1.165) is 31.1 Å². The minimum absolute atomic E-state index is 0.613. The Morgan fingerprint density at radius 1 is 1.26 bits per heavy atom. The lowest BCUT2D eigenvalue weighted by atomic mass is 10.1. The molecule has 0 spiro atoms. The van der Waals surface area contributed by atoms with Crippen LogP contribution in [0.4, 0.5) is 0 Å². The zero-order valence-electron chi connectivity index (χ0n) is 11.5. The largest absolute Gasteiger partial charge is 0.486 e. The van der Waals surface area contributed by atoms with Crippen LogP contribution in [0.2, 0.25) is 0 Å². The SMILES string of the molecule is C[C@H]1C[C@@H](CN)CN1Cc1ccc2c(c1)OCCO2. The quantitative estimate of drug-likeness (QED) is 0.899. The maximum Gasteiger partial charge on any atom is 0.161 e. The first-order valence-corrected chi connectivity index (χ1v) is 7.09. The number of ether oxygens (including phenoxy) is 2. The molecule has 3 rings (SSSR count). The monoisotopic (exact) mass is 262 g/mol. The van der Waals surface area contributed by atoms with E-state index in [1.165, 1.54) is 12.0 Å². The Morgan fingerprint density at radius 3 is 2.79 bits per heavy atom. The van der Waals surface area contributed by atoms with Crippen molar-refractivity contribution >= 4 is 0 Å². The molecule has 4 heteroatoms. The van der Waals surface area contributed by atoms with Crippen molar-refractivity contribution in [3.05, 3.63) is 23.8 Å². The molecule has 2 aliphatic rings. The van der Waals surface area contributed by atoms with Gasteiger partial charge in [0.2, 0.25) is 0 Å². The van der Waals surface area contributed by atoms with Crippen molar-refractivity contribution in [2.45, 2.75) is 25.9 Å². The summed E-state index contributed by atoms with van der Waals surface area (Å²) in [5.74, 6) is 2.39. The van der Waals surface area contributed by atoms with Crippen LogP contribution in [0.1, 0.15) is 18.9 Å². The van der Waals surface area contributed by atoms with E-state index in [2.05, 4.69) is 24.0 Å². The van der Waals surface area contributed by atoms with E-state index in [1.54, 1.807) is 0 Å². The van der Waals surface area contributed by atoms with Crippen molar-refractivity contribution in [3.8, 4) is 11.5 Å². The lowest BCUT2D eigenvalue weighted by Crippen LogP contribution is -2.27. The summed E-state index contributed by atoms with van der Waals surface area (Å²) in [5.41, 5.74) is 7.07. The van der Waals surface area contributed by atoms with Crippen molar-refractivity contribution in [1.82, 2.24) is 4.90 Å². The molecular formula is C15H22N2O2. The minimum Gasteiger partial charge on any atom is -0.486 e. The highest BCUT2D eigenvalue weighted by Gasteiger charge is 2.28. The van der Waals surface area contributed by atoms with E-state index >= 15 is 0 Å². The maximum absolute atomic E-state index is 5.78. The molecule has 0 aromatic heterocycles. The third-order valence-electron chi connectivity index (χ3n) is 4.12. The summed E-state index contributed by atoms with van der Waals surface area (Å²) in [6.45, 7) is 6.44. The van der Waals surface area contributed by atoms with Gasteiger partial charge >= 0.3 is 0 Å². The van der Waals surface area contributed by atoms with Crippen LogP contribution in [0.3, 0.4) is 0 Å². The van der Waals surface area contributed by atoms with Gasteiger partial charge in [0.15, 0.2) is 11.5 Å². The molecule has 0 bridgehead atoms. The lowest BCUT2D eigenvalue weighted by Gasteiger charge is -2.23. The van der Waals surface area contributed by atoms with E-state index in [4.69, 9.17) is 15.2 Å². The van der Waals surface area contributed by atoms with Gasteiger partial charge < -0.3 is 15.2 Å². The number of likely N-dealkylation sites (tertiary alicyclic amines) is 1. The summed E-state index contributed by atoms with van der Waals surface area (Å²) >= 11 is 0. The van der Waals surface area contributed by atoms with Gasteiger partial charge in [0.05, 0.1) is 0 Å². The predicted octanol–water partition coefficient (Wildman–Crippen LogP) is 1.63. The Labute approximate surface area is 114 Å². The first kappa shape index (κ1) is 12.8. The summed E-state index contributed by atoms with van der Waals surface area (Å²) in [5, 5.41) is 0. The average molecular weight is 262 g/mol. The molecule has 2 heterocycles. The molecule has 19 heavy (non-hydrogen) atoms. The normalized spacial score (nSPS) is 26.6. The van der Waals surface area contributed by atoms with Gasteiger partial charge in [0.1, 0.15) is 13.2 Å². The molecule has 2 atom stereocenters. The van der Waals surface area contributed by atoms with Crippen LogP contribution in [0, 0.1) is 5.92 Å². The number of hydrogen-bond donors (Lipinski definition) is 1. The highest BCUT2D eigenvalue weighted by atomic mass is 16.6. The zero-order valence-corrected chi connectivity index (χ0v) is 11.5. The molecule has 0 amide bonds. The molecule has 0 unspecified atom stereocenters. The van der Waals surface area contributed by atoms with Gasteiger partial charge in [-0.1, -0.05) is 6.07 Å². The molecule has 1 saturated heterocycles. The second kappa shape index (κ2) is 5.39. The van der Waals surface area contributed by atoms with E-state index in [-0.39, 0.29) is 0 Å². The van der Waals surface area contributed by atoms with Gasteiger partial charge in [0.25, 0.3) is 0 Å². The molecule has 2 aliphatic heterocycles. The van der Waals surface area contributed by atoms with Crippen LogP contribution in [-0.2, 0) is 6.54 Å². The number of nitrogens with zero attached hydrogens (tertiary/aromatic N) is 1. The summed E-state index contributed by atoms with van der Waals surface area (Å²) in [4.78, 5) is 2.50. The van der Waals surface area contributed by atoms with Crippen molar-refractivity contribution in [2.75, 3.05) is 26.3 Å². The number of fused-ring (bicyclic) bond motifs is 1. The fraction of sp³-hybridized carbons (Fsp3) is 0.600. The van der Waals surface area contributed by atoms with E-state index in [1.807, 2.05) is 6.07 Å². The summed E-state index contributed by atoms with van der Waals surface area (Å²) in [6, 6.07) is 6.87. The highest BCUT2D eigenvalue weighted by molar-refractivity contribution is 5.43. The number of rotatable bonds is 3. The van der Waals surface area contributed by atoms with Crippen molar-refractivity contribution in [1.29, 1.82) is 0 Å². The van der Waals surface area contributed by atoms with Gasteiger partial charge in [-0.15, -0.1) is 0 Å². The third kappa shape index (κ3) is 2.69. The smallest absolute Gasteiger partial charge is 0.161 e. The molecule has 0 radical (unpaired) electrons. The summed E-state index contributed by atoms with van der Waals surface area (Å²) < 4.78 is 11.2. The number of nitrogens with two attached hydrogens (primary N) is 1. The van der Waals surface area contributed by atoms with Crippen LogP contribution >= 0.6 is 0 Å². The first-order chi connectivity index (χ1) is 9.26. The van der Waals surface area contributed by atoms with Gasteiger partial charge in [-0.2, -0.15) is 0 Å². The van der Waals surface area contributed by atoms with E-state index in [9.17, 15) is 0 Å². The Morgan fingerprint density at radius 2 is 2.05 bits per heavy atom. The highest BCUT2D eigenvalue weighted by Crippen LogP contribution is 2.32. The predicted molar refractivity (Wildman–Crippen MR) is 74.5 cm³/mol. The summed E-state index contributed by atoms with van der Waals surface area (Å²) in [6.07, 6.45) is 1.21. The standard InChI is InChI=1S/C15H22N2O2/c1-11-6-13(8-16)10-17(11)9-12-2-3-14-15(7-12)19-5-4-18-14/h2-3,7,11,13H,4-6,8-10,16H2,1H3/t11-,13-/m0/s1.